The summed E-state index contributed by atoms with van der Waals surface area (Å²) in [5.41, 5.74) is 0.190. The van der Waals surface area contributed by atoms with Gasteiger partial charge in [-0.3, -0.25) is 0 Å². The van der Waals surface area contributed by atoms with Gasteiger partial charge in [0.15, 0.2) is 0 Å². The number of ether oxygens (including phenoxy) is 1. The van der Waals surface area contributed by atoms with Gasteiger partial charge in [-0.15, -0.1) is 0 Å². The van der Waals surface area contributed by atoms with Crippen molar-refractivity contribution in [2.45, 2.75) is 63.6 Å². The fourth-order valence-electron chi connectivity index (χ4n) is 4.60. The summed E-state index contributed by atoms with van der Waals surface area (Å²) in [5.74, 6) is 0.949. The van der Waals surface area contributed by atoms with Crippen molar-refractivity contribution < 1.29 is 9.84 Å². The van der Waals surface area contributed by atoms with Crippen LogP contribution in [0.3, 0.4) is 0 Å². The highest BCUT2D eigenvalue weighted by atomic mass is 16.5. The normalized spacial score (nSPS) is 23.9. The van der Waals surface area contributed by atoms with Gasteiger partial charge in [-0.2, -0.15) is 0 Å². The minimum absolute atomic E-state index is 0.267. The van der Waals surface area contributed by atoms with E-state index in [4.69, 9.17) is 4.74 Å². The lowest BCUT2D eigenvalue weighted by Crippen LogP contribution is -2.42. The van der Waals surface area contributed by atoms with Gasteiger partial charge in [0.05, 0.1) is 12.7 Å². The first kappa shape index (κ1) is 17.9. The molecule has 2 atom stereocenters. The predicted molar refractivity (Wildman–Crippen MR) is 97.9 cm³/mol. The maximum Gasteiger partial charge on any atom is 0.116 e. The van der Waals surface area contributed by atoms with Crippen LogP contribution in [0.25, 0.3) is 0 Å². The first-order valence-electron chi connectivity index (χ1n) is 9.84. The van der Waals surface area contributed by atoms with E-state index in [1.165, 1.54) is 25.7 Å². The first-order chi connectivity index (χ1) is 11.7. The third kappa shape index (κ3) is 4.01. The smallest absolute Gasteiger partial charge is 0.116 e. The molecule has 2 N–H and O–H groups in total. The third-order valence-electron chi connectivity index (χ3n) is 6.13. The van der Waals surface area contributed by atoms with Gasteiger partial charge >= 0.3 is 0 Å². The van der Waals surface area contributed by atoms with Crippen molar-refractivity contribution in [3.8, 4) is 0 Å². The molecule has 1 heterocycles. The molecule has 1 aromatic carbocycles. The lowest BCUT2D eigenvalue weighted by atomic mass is 9.80. The van der Waals surface area contributed by atoms with E-state index in [0.29, 0.717) is 18.4 Å². The van der Waals surface area contributed by atoms with Gasteiger partial charge in [-0.1, -0.05) is 50.1 Å². The van der Waals surface area contributed by atoms with E-state index in [-0.39, 0.29) is 6.10 Å². The molecule has 2 fully saturated rings. The molecule has 1 saturated carbocycles. The zero-order chi connectivity index (χ0) is 16.8. The largest absolute Gasteiger partial charge is 0.382 e. The van der Waals surface area contributed by atoms with E-state index in [1.54, 1.807) is 0 Å². The minimum atomic E-state index is -0.835. The molecule has 3 rings (SSSR count). The molecule has 2 aliphatic rings. The van der Waals surface area contributed by atoms with Gasteiger partial charge in [-0.25, -0.2) is 0 Å². The van der Waals surface area contributed by atoms with Crippen LogP contribution in [0.15, 0.2) is 30.3 Å². The van der Waals surface area contributed by atoms with Crippen LogP contribution in [0.5, 0.6) is 0 Å². The zero-order valence-electron chi connectivity index (χ0n) is 15.0. The molecular weight excluding hydrogens is 298 g/mol. The van der Waals surface area contributed by atoms with Gasteiger partial charge in [-0.05, 0) is 62.6 Å². The monoisotopic (exact) mass is 331 g/mol. The van der Waals surface area contributed by atoms with Crippen LogP contribution in [0.4, 0.5) is 0 Å². The Kier molecular flexibility index (Phi) is 6.31. The molecule has 0 amide bonds. The number of hydrogen-bond acceptors (Lipinski definition) is 3. The van der Waals surface area contributed by atoms with Crippen LogP contribution in [0.1, 0.15) is 57.4 Å². The second-order valence-electron chi connectivity index (χ2n) is 7.62. The highest BCUT2D eigenvalue weighted by Crippen LogP contribution is 2.41. The SMILES string of the molecule is CC[C@H](OCC(O)(c1ccccc1)C1CCCC1)C1CCNCC1. The summed E-state index contributed by atoms with van der Waals surface area (Å²) >= 11 is 0. The number of piperidine rings is 1. The standard InChI is InChI=1S/C21H33NO2/c1-2-20(17-12-14-22-15-13-17)24-16-21(23,19-10-6-7-11-19)18-8-4-3-5-9-18/h3-5,8-9,17,19-20,22-23H,2,6-7,10-16H2,1H3/t20-,21?/m0/s1. The van der Waals surface area contributed by atoms with E-state index < -0.39 is 5.60 Å². The average Bonchev–Trinajstić information content (AvgIpc) is 3.19. The Morgan fingerprint density at radius 1 is 1.12 bits per heavy atom. The average molecular weight is 332 g/mol. The van der Waals surface area contributed by atoms with Crippen LogP contribution in [-0.2, 0) is 10.3 Å². The van der Waals surface area contributed by atoms with Gasteiger partial charge in [0.1, 0.15) is 5.60 Å². The Labute approximate surface area is 146 Å². The molecule has 1 aliphatic heterocycles. The Hall–Kier alpha value is -0.900. The number of rotatable bonds is 7. The molecule has 1 saturated heterocycles. The van der Waals surface area contributed by atoms with Crippen molar-refractivity contribution in [2.24, 2.45) is 11.8 Å². The zero-order valence-corrected chi connectivity index (χ0v) is 15.0. The van der Waals surface area contributed by atoms with E-state index in [1.807, 2.05) is 18.2 Å². The van der Waals surface area contributed by atoms with E-state index in [2.05, 4.69) is 24.4 Å². The molecule has 24 heavy (non-hydrogen) atoms. The van der Waals surface area contributed by atoms with Gasteiger partial charge in [0.2, 0.25) is 0 Å². The summed E-state index contributed by atoms with van der Waals surface area (Å²) in [7, 11) is 0. The quantitative estimate of drug-likeness (QED) is 0.797. The maximum absolute atomic E-state index is 11.6. The lowest BCUT2D eigenvalue weighted by Gasteiger charge is -2.38. The Morgan fingerprint density at radius 3 is 2.42 bits per heavy atom. The van der Waals surface area contributed by atoms with Crippen LogP contribution in [0.2, 0.25) is 0 Å². The molecule has 1 unspecified atom stereocenters. The van der Waals surface area contributed by atoms with Crippen molar-refractivity contribution in [3.63, 3.8) is 0 Å². The predicted octanol–water partition coefficient (Wildman–Crippen LogP) is 3.86. The Morgan fingerprint density at radius 2 is 1.79 bits per heavy atom. The summed E-state index contributed by atoms with van der Waals surface area (Å²) in [5, 5.41) is 15.0. The molecule has 1 aromatic rings. The van der Waals surface area contributed by atoms with Crippen molar-refractivity contribution in [3.05, 3.63) is 35.9 Å². The van der Waals surface area contributed by atoms with Crippen LogP contribution < -0.4 is 5.32 Å². The van der Waals surface area contributed by atoms with Crippen LogP contribution >= 0.6 is 0 Å². The first-order valence-corrected chi connectivity index (χ1v) is 9.84. The number of benzene rings is 1. The molecule has 3 nitrogen and oxygen atoms in total. The maximum atomic E-state index is 11.6. The van der Waals surface area contributed by atoms with E-state index in [9.17, 15) is 5.11 Å². The summed E-state index contributed by atoms with van der Waals surface area (Å²) in [6, 6.07) is 10.2. The Balaban J connectivity index is 1.71. The fraction of sp³-hybridized carbons (Fsp3) is 0.714. The molecule has 0 spiro atoms. The number of aliphatic hydroxyl groups is 1. The van der Waals surface area contributed by atoms with Gasteiger partial charge < -0.3 is 15.2 Å². The highest BCUT2D eigenvalue weighted by molar-refractivity contribution is 5.24. The molecular formula is C21H33NO2. The van der Waals surface area contributed by atoms with Gasteiger partial charge in [0, 0.05) is 0 Å². The third-order valence-corrected chi connectivity index (χ3v) is 6.13. The van der Waals surface area contributed by atoms with Crippen molar-refractivity contribution >= 4 is 0 Å². The highest BCUT2D eigenvalue weighted by Gasteiger charge is 2.41. The van der Waals surface area contributed by atoms with E-state index >= 15 is 0 Å². The molecule has 0 aromatic heterocycles. The lowest BCUT2D eigenvalue weighted by molar-refractivity contribution is -0.122. The van der Waals surface area contributed by atoms with E-state index in [0.717, 1.165) is 37.9 Å². The Bertz CT molecular complexity index is 480. The molecule has 0 radical (unpaired) electrons. The second kappa shape index (κ2) is 8.46. The fourth-order valence-corrected chi connectivity index (χ4v) is 4.60. The molecule has 3 heteroatoms. The van der Waals surface area contributed by atoms with Crippen molar-refractivity contribution in [2.75, 3.05) is 19.7 Å². The summed E-state index contributed by atoms with van der Waals surface area (Å²) in [4.78, 5) is 0. The topological polar surface area (TPSA) is 41.5 Å². The summed E-state index contributed by atoms with van der Waals surface area (Å²) in [6.07, 6.45) is 8.34. The van der Waals surface area contributed by atoms with Crippen LogP contribution in [-0.4, -0.2) is 30.9 Å². The van der Waals surface area contributed by atoms with Crippen LogP contribution in [0, 0.1) is 11.8 Å². The molecule has 0 bridgehead atoms. The van der Waals surface area contributed by atoms with Gasteiger partial charge in [0.25, 0.3) is 0 Å². The van der Waals surface area contributed by atoms with Crippen molar-refractivity contribution in [1.82, 2.24) is 5.32 Å². The second-order valence-corrected chi connectivity index (χ2v) is 7.62. The summed E-state index contributed by atoms with van der Waals surface area (Å²) in [6.45, 7) is 4.83. The number of hydrogen-bond donors (Lipinski definition) is 2. The summed E-state index contributed by atoms with van der Waals surface area (Å²) < 4.78 is 6.38. The minimum Gasteiger partial charge on any atom is -0.382 e. The molecule has 1 aliphatic carbocycles. The number of nitrogens with one attached hydrogen (secondary N) is 1. The van der Waals surface area contributed by atoms with Crippen molar-refractivity contribution in [1.29, 1.82) is 0 Å². The molecule has 134 valence electrons.